The van der Waals surface area contributed by atoms with E-state index in [-0.39, 0.29) is 0 Å². The molecule has 0 saturated heterocycles. The average Bonchev–Trinajstić information content (AvgIpc) is 2.32. The number of benzene rings is 1. The summed E-state index contributed by atoms with van der Waals surface area (Å²) in [5, 5.41) is 4.81. The smallest absolute Gasteiger partial charge is 0.0640 e. The summed E-state index contributed by atoms with van der Waals surface area (Å²) in [7, 11) is 0. The summed E-state index contributed by atoms with van der Waals surface area (Å²) >= 11 is 12.3. The summed E-state index contributed by atoms with van der Waals surface area (Å²) < 4.78 is 0. The summed E-state index contributed by atoms with van der Waals surface area (Å²) in [5.41, 5.74) is 1.11. The highest BCUT2D eigenvalue weighted by Crippen LogP contribution is 2.33. The number of nitrogens with one attached hydrogen (secondary N) is 1. The minimum atomic E-state index is 0.293. The fourth-order valence-electron chi connectivity index (χ4n) is 1.93. The van der Waals surface area contributed by atoms with Crippen LogP contribution in [0.15, 0.2) is 18.2 Å². The molecule has 3 heteroatoms. The standard InChI is InChI=1S/C14H21Cl2N/c1-4-10(3)9-13(17-5-2)11-7-6-8-12(15)14(11)16/h6-8,10,13,17H,4-5,9H2,1-3H3. The van der Waals surface area contributed by atoms with Crippen LogP contribution in [0.2, 0.25) is 10.0 Å². The van der Waals surface area contributed by atoms with Crippen LogP contribution in [0.1, 0.15) is 45.2 Å². The first kappa shape index (κ1) is 14.8. The van der Waals surface area contributed by atoms with Crippen LogP contribution in [-0.2, 0) is 0 Å². The van der Waals surface area contributed by atoms with E-state index in [0.29, 0.717) is 22.0 Å². The van der Waals surface area contributed by atoms with Crippen LogP contribution in [0.3, 0.4) is 0 Å². The molecule has 0 radical (unpaired) electrons. The van der Waals surface area contributed by atoms with Crippen molar-refractivity contribution < 1.29 is 0 Å². The lowest BCUT2D eigenvalue weighted by Gasteiger charge is -2.23. The van der Waals surface area contributed by atoms with E-state index in [9.17, 15) is 0 Å². The Labute approximate surface area is 115 Å². The molecule has 2 atom stereocenters. The SMILES string of the molecule is CCNC(CC(C)CC)c1cccc(Cl)c1Cl. The van der Waals surface area contributed by atoms with E-state index < -0.39 is 0 Å². The van der Waals surface area contributed by atoms with Gasteiger partial charge in [-0.1, -0.05) is 62.5 Å². The van der Waals surface area contributed by atoms with Gasteiger partial charge in [-0.2, -0.15) is 0 Å². The predicted molar refractivity (Wildman–Crippen MR) is 77.0 cm³/mol. The van der Waals surface area contributed by atoms with Crippen molar-refractivity contribution in [3.05, 3.63) is 33.8 Å². The number of halogens is 2. The lowest BCUT2D eigenvalue weighted by molar-refractivity contribution is 0.408. The third-order valence-electron chi connectivity index (χ3n) is 3.14. The molecule has 2 unspecified atom stereocenters. The fraction of sp³-hybridized carbons (Fsp3) is 0.571. The highest BCUT2D eigenvalue weighted by molar-refractivity contribution is 6.42. The van der Waals surface area contributed by atoms with Gasteiger partial charge in [-0.25, -0.2) is 0 Å². The van der Waals surface area contributed by atoms with Crippen molar-refractivity contribution in [2.75, 3.05) is 6.54 Å². The molecular weight excluding hydrogens is 253 g/mol. The Bertz CT molecular complexity index is 352. The molecule has 0 aliphatic heterocycles. The first-order valence-corrected chi connectivity index (χ1v) is 7.03. The number of hydrogen-bond donors (Lipinski definition) is 1. The Morgan fingerprint density at radius 1 is 1.24 bits per heavy atom. The summed E-state index contributed by atoms with van der Waals surface area (Å²) in [6, 6.07) is 6.15. The molecular formula is C14H21Cl2N. The van der Waals surface area contributed by atoms with Crippen LogP contribution in [0, 0.1) is 5.92 Å². The minimum absolute atomic E-state index is 0.293. The second-order valence-corrected chi connectivity index (χ2v) is 5.29. The molecule has 17 heavy (non-hydrogen) atoms. The first-order valence-electron chi connectivity index (χ1n) is 6.27. The Kier molecular flexibility index (Phi) is 6.32. The Balaban J connectivity index is 2.92. The topological polar surface area (TPSA) is 12.0 Å². The molecule has 1 aromatic carbocycles. The van der Waals surface area contributed by atoms with Crippen LogP contribution in [0.25, 0.3) is 0 Å². The molecule has 0 amide bonds. The van der Waals surface area contributed by atoms with Crippen molar-refractivity contribution in [3.63, 3.8) is 0 Å². The Morgan fingerprint density at radius 3 is 2.53 bits per heavy atom. The second-order valence-electron chi connectivity index (χ2n) is 4.50. The van der Waals surface area contributed by atoms with E-state index in [1.807, 2.05) is 12.1 Å². The highest BCUT2D eigenvalue weighted by atomic mass is 35.5. The Morgan fingerprint density at radius 2 is 1.94 bits per heavy atom. The van der Waals surface area contributed by atoms with Gasteiger partial charge in [-0.15, -0.1) is 0 Å². The highest BCUT2D eigenvalue weighted by Gasteiger charge is 2.17. The van der Waals surface area contributed by atoms with E-state index in [2.05, 4.69) is 32.2 Å². The van der Waals surface area contributed by atoms with Gasteiger partial charge in [-0.3, -0.25) is 0 Å². The zero-order valence-corrected chi connectivity index (χ0v) is 12.3. The van der Waals surface area contributed by atoms with Crippen LogP contribution in [-0.4, -0.2) is 6.54 Å². The molecule has 0 aliphatic carbocycles. The zero-order chi connectivity index (χ0) is 12.8. The third kappa shape index (κ3) is 4.17. The molecule has 1 N–H and O–H groups in total. The van der Waals surface area contributed by atoms with Gasteiger partial charge in [0.05, 0.1) is 10.0 Å². The van der Waals surface area contributed by atoms with Crippen molar-refractivity contribution >= 4 is 23.2 Å². The van der Waals surface area contributed by atoms with E-state index in [0.717, 1.165) is 18.5 Å². The Hall–Kier alpha value is -0.240. The normalized spacial score (nSPS) is 14.6. The van der Waals surface area contributed by atoms with Gasteiger partial charge in [0.1, 0.15) is 0 Å². The van der Waals surface area contributed by atoms with E-state index in [1.165, 1.54) is 6.42 Å². The van der Waals surface area contributed by atoms with E-state index in [4.69, 9.17) is 23.2 Å². The average molecular weight is 274 g/mol. The first-order chi connectivity index (χ1) is 8.10. The van der Waals surface area contributed by atoms with Gasteiger partial charge in [0.2, 0.25) is 0 Å². The fourth-order valence-corrected chi connectivity index (χ4v) is 2.36. The largest absolute Gasteiger partial charge is 0.310 e. The van der Waals surface area contributed by atoms with Crippen molar-refractivity contribution in [2.24, 2.45) is 5.92 Å². The van der Waals surface area contributed by atoms with Gasteiger partial charge in [0.25, 0.3) is 0 Å². The zero-order valence-electron chi connectivity index (χ0n) is 10.8. The summed E-state index contributed by atoms with van der Waals surface area (Å²) in [6.45, 7) is 7.53. The van der Waals surface area contributed by atoms with Crippen LogP contribution in [0.4, 0.5) is 0 Å². The van der Waals surface area contributed by atoms with Gasteiger partial charge in [0, 0.05) is 6.04 Å². The van der Waals surface area contributed by atoms with Gasteiger partial charge in [0.15, 0.2) is 0 Å². The maximum absolute atomic E-state index is 6.28. The maximum Gasteiger partial charge on any atom is 0.0640 e. The molecule has 0 spiro atoms. The van der Waals surface area contributed by atoms with Gasteiger partial charge in [-0.05, 0) is 30.5 Å². The number of rotatable bonds is 6. The predicted octanol–water partition coefficient (Wildman–Crippen LogP) is 5.08. The molecule has 0 bridgehead atoms. The molecule has 0 aromatic heterocycles. The molecule has 0 heterocycles. The lowest BCUT2D eigenvalue weighted by atomic mass is 9.94. The lowest BCUT2D eigenvalue weighted by Crippen LogP contribution is -2.23. The molecule has 1 aromatic rings. The van der Waals surface area contributed by atoms with E-state index in [1.54, 1.807) is 0 Å². The van der Waals surface area contributed by atoms with Crippen LogP contribution >= 0.6 is 23.2 Å². The molecule has 0 aliphatic rings. The second kappa shape index (κ2) is 7.25. The summed E-state index contributed by atoms with van der Waals surface area (Å²) in [5.74, 6) is 0.675. The molecule has 0 fully saturated rings. The van der Waals surface area contributed by atoms with Crippen LogP contribution in [0.5, 0.6) is 0 Å². The molecule has 1 nitrogen and oxygen atoms in total. The van der Waals surface area contributed by atoms with Crippen molar-refractivity contribution in [2.45, 2.75) is 39.7 Å². The molecule has 0 saturated carbocycles. The van der Waals surface area contributed by atoms with Crippen molar-refractivity contribution in [1.29, 1.82) is 0 Å². The minimum Gasteiger partial charge on any atom is -0.310 e. The summed E-state index contributed by atoms with van der Waals surface area (Å²) in [6.07, 6.45) is 2.27. The van der Waals surface area contributed by atoms with Crippen LogP contribution < -0.4 is 5.32 Å². The molecule has 96 valence electrons. The maximum atomic E-state index is 6.28. The van der Waals surface area contributed by atoms with Crippen molar-refractivity contribution in [3.8, 4) is 0 Å². The van der Waals surface area contributed by atoms with E-state index >= 15 is 0 Å². The number of hydrogen-bond acceptors (Lipinski definition) is 1. The molecule has 1 rings (SSSR count). The quantitative estimate of drug-likeness (QED) is 0.762. The van der Waals surface area contributed by atoms with Crippen molar-refractivity contribution in [1.82, 2.24) is 5.32 Å². The summed E-state index contributed by atoms with van der Waals surface area (Å²) in [4.78, 5) is 0. The third-order valence-corrected chi connectivity index (χ3v) is 3.98. The van der Waals surface area contributed by atoms with Gasteiger partial charge < -0.3 is 5.32 Å². The monoisotopic (exact) mass is 273 g/mol. The van der Waals surface area contributed by atoms with Gasteiger partial charge >= 0.3 is 0 Å².